The summed E-state index contributed by atoms with van der Waals surface area (Å²) in [5, 5.41) is 7.18. The van der Waals surface area contributed by atoms with Gasteiger partial charge in [0.2, 0.25) is 5.69 Å². The molecule has 0 spiro atoms. The topological polar surface area (TPSA) is 109 Å². The van der Waals surface area contributed by atoms with E-state index in [1.165, 1.54) is 0 Å². The Bertz CT molecular complexity index is 430. The van der Waals surface area contributed by atoms with E-state index in [1.54, 1.807) is 6.92 Å². The van der Waals surface area contributed by atoms with E-state index in [9.17, 15) is 9.59 Å². The van der Waals surface area contributed by atoms with Crippen LogP contribution in [0.2, 0.25) is 0 Å². The Hall–Kier alpha value is -2.12. The second-order valence-corrected chi connectivity index (χ2v) is 3.42. The minimum absolute atomic E-state index is 0.0121. The molecule has 0 aliphatic carbocycles. The van der Waals surface area contributed by atoms with Crippen molar-refractivity contribution in [2.45, 2.75) is 26.8 Å². The standard InChI is InChI=1S/C10H16N4O4/c1-3-5-18-7(15)6-14-9(11)8(12-13-14)10(16)17-4-2/h3-6,11H2,1-2H3. The highest BCUT2D eigenvalue weighted by molar-refractivity contribution is 5.92. The minimum atomic E-state index is -0.664. The van der Waals surface area contributed by atoms with Gasteiger partial charge in [-0.1, -0.05) is 12.1 Å². The molecule has 8 nitrogen and oxygen atoms in total. The second-order valence-electron chi connectivity index (χ2n) is 3.42. The van der Waals surface area contributed by atoms with E-state index in [2.05, 4.69) is 10.3 Å². The zero-order chi connectivity index (χ0) is 13.5. The summed E-state index contributed by atoms with van der Waals surface area (Å²) < 4.78 is 10.7. The molecule has 1 heterocycles. The molecule has 1 aromatic heterocycles. The van der Waals surface area contributed by atoms with Crippen molar-refractivity contribution in [2.24, 2.45) is 0 Å². The van der Waals surface area contributed by atoms with Crippen molar-refractivity contribution in [1.29, 1.82) is 0 Å². The van der Waals surface area contributed by atoms with E-state index in [0.29, 0.717) is 6.61 Å². The molecule has 100 valence electrons. The summed E-state index contributed by atoms with van der Waals surface area (Å²) in [5.74, 6) is -1.16. The first-order valence-electron chi connectivity index (χ1n) is 5.61. The molecule has 2 N–H and O–H groups in total. The number of aromatic nitrogens is 3. The maximum Gasteiger partial charge on any atom is 0.362 e. The summed E-state index contributed by atoms with van der Waals surface area (Å²) >= 11 is 0. The Balaban J connectivity index is 2.68. The molecule has 0 bridgehead atoms. The van der Waals surface area contributed by atoms with Crippen LogP contribution in [0, 0.1) is 0 Å². The largest absolute Gasteiger partial charge is 0.464 e. The summed E-state index contributed by atoms with van der Waals surface area (Å²) in [6.07, 6.45) is 0.729. The maximum absolute atomic E-state index is 11.4. The fraction of sp³-hybridized carbons (Fsp3) is 0.600. The van der Waals surface area contributed by atoms with Crippen LogP contribution in [-0.2, 0) is 20.8 Å². The predicted octanol–water partition coefficient (Wildman–Crippen LogP) is -0.00980. The summed E-state index contributed by atoms with van der Waals surface area (Å²) in [7, 11) is 0. The molecule has 0 saturated carbocycles. The number of nitrogens with two attached hydrogens (primary N) is 1. The van der Waals surface area contributed by atoms with Crippen LogP contribution in [0.5, 0.6) is 0 Å². The molecule has 8 heteroatoms. The van der Waals surface area contributed by atoms with Crippen LogP contribution in [0.15, 0.2) is 0 Å². The third-order valence-electron chi connectivity index (χ3n) is 1.99. The van der Waals surface area contributed by atoms with Crippen LogP contribution in [0.25, 0.3) is 0 Å². The van der Waals surface area contributed by atoms with Gasteiger partial charge in [-0.15, -0.1) is 5.10 Å². The molecule has 0 aliphatic heterocycles. The summed E-state index contributed by atoms with van der Waals surface area (Å²) in [6.45, 7) is 3.91. The van der Waals surface area contributed by atoms with Crippen molar-refractivity contribution in [3.63, 3.8) is 0 Å². The van der Waals surface area contributed by atoms with Gasteiger partial charge in [0, 0.05) is 0 Å². The number of anilines is 1. The normalized spacial score (nSPS) is 10.1. The first-order valence-corrected chi connectivity index (χ1v) is 5.61. The summed E-state index contributed by atoms with van der Waals surface area (Å²) in [4.78, 5) is 22.7. The predicted molar refractivity (Wildman–Crippen MR) is 61.6 cm³/mol. The highest BCUT2D eigenvalue weighted by Crippen LogP contribution is 2.09. The SMILES string of the molecule is CCCOC(=O)Cn1nnc(C(=O)OCC)c1N. The second kappa shape index (κ2) is 6.58. The van der Waals surface area contributed by atoms with Gasteiger partial charge in [-0.3, -0.25) is 4.79 Å². The number of hydrogen-bond acceptors (Lipinski definition) is 7. The molecule has 0 fully saturated rings. The maximum atomic E-state index is 11.4. The van der Waals surface area contributed by atoms with E-state index in [0.717, 1.165) is 11.1 Å². The van der Waals surface area contributed by atoms with Gasteiger partial charge in [-0.25, -0.2) is 9.48 Å². The Kier molecular flexibility index (Phi) is 5.09. The van der Waals surface area contributed by atoms with E-state index < -0.39 is 11.9 Å². The third-order valence-corrected chi connectivity index (χ3v) is 1.99. The number of nitrogen functional groups attached to an aromatic ring is 1. The molecular formula is C10H16N4O4. The zero-order valence-electron chi connectivity index (χ0n) is 10.4. The quantitative estimate of drug-likeness (QED) is 0.713. The number of carbonyl (C=O) groups excluding carboxylic acids is 2. The highest BCUT2D eigenvalue weighted by Gasteiger charge is 2.19. The average molecular weight is 256 g/mol. The van der Waals surface area contributed by atoms with Crippen molar-refractivity contribution in [2.75, 3.05) is 18.9 Å². The van der Waals surface area contributed by atoms with Gasteiger partial charge in [0.15, 0.2) is 5.82 Å². The smallest absolute Gasteiger partial charge is 0.362 e. The van der Waals surface area contributed by atoms with Crippen LogP contribution in [0.3, 0.4) is 0 Å². The summed E-state index contributed by atoms with van der Waals surface area (Å²) in [5.41, 5.74) is 5.54. The third kappa shape index (κ3) is 3.44. The molecule has 0 aliphatic rings. The number of hydrogen-bond donors (Lipinski definition) is 1. The lowest BCUT2D eigenvalue weighted by Crippen LogP contribution is -2.17. The van der Waals surface area contributed by atoms with Crippen LogP contribution in [0.1, 0.15) is 30.8 Å². The van der Waals surface area contributed by atoms with Crippen LogP contribution >= 0.6 is 0 Å². The highest BCUT2D eigenvalue weighted by atomic mass is 16.5. The Morgan fingerprint density at radius 1 is 1.33 bits per heavy atom. The van der Waals surface area contributed by atoms with Crippen molar-refractivity contribution >= 4 is 17.8 Å². The van der Waals surface area contributed by atoms with Crippen LogP contribution in [-0.4, -0.2) is 40.1 Å². The van der Waals surface area contributed by atoms with Gasteiger partial charge in [0.1, 0.15) is 6.54 Å². The molecule has 0 radical (unpaired) electrons. The summed E-state index contributed by atoms with van der Waals surface area (Å²) in [6, 6.07) is 0. The molecule has 0 atom stereocenters. The average Bonchev–Trinajstić information content (AvgIpc) is 2.69. The Labute approximate surface area is 104 Å². The molecule has 18 heavy (non-hydrogen) atoms. The van der Waals surface area contributed by atoms with Crippen LogP contribution in [0.4, 0.5) is 5.82 Å². The molecule has 0 saturated heterocycles. The van der Waals surface area contributed by atoms with Gasteiger partial charge >= 0.3 is 11.9 Å². The molecule has 0 unspecified atom stereocenters. The van der Waals surface area contributed by atoms with Gasteiger partial charge < -0.3 is 15.2 Å². The van der Waals surface area contributed by atoms with Crippen molar-refractivity contribution in [3.05, 3.63) is 5.69 Å². The van der Waals surface area contributed by atoms with Crippen molar-refractivity contribution < 1.29 is 19.1 Å². The van der Waals surface area contributed by atoms with E-state index in [1.807, 2.05) is 6.92 Å². The van der Waals surface area contributed by atoms with Crippen LogP contribution < -0.4 is 5.73 Å². The molecule has 1 aromatic rings. The van der Waals surface area contributed by atoms with E-state index in [-0.39, 0.29) is 24.7 Å². The van der Waals surface area contributed by atoms with Gasteiger partial charge in [-0.2, -0.15) is 0 Å². The molecule has 0 amide bonds. The van der Waals surface area contributed by atoms with Gasteiger partial charge in [-0.05, 0) is 13.3 Å². The number of carbonyl (C=O) groups is 2. The molecular weight excluding hydrogens is 240 g/mol. The van der Waals surface area contributed by atoms with E-state index >= 15 is 0 Å². The Morgan fingerprint density at radius 2 is 2.06 bits per heavy atom. The molecule has 1 rings (SSSR count). The lowest BCUT2D eigenvalue weighted by molar-refractivity contribution is -0.144. The number of nitrogens with zero attached hydrogens (tertiary/aromatic N) is 3. The van der Waals surface area contributed by atoms with Crippen molar-refractivity contribution in [3.8, 4) is 0 Å². The van der Waals surface area contributed by atoms with Crippen molar-refractivity contribution in [1.82, 2.24) is 15.0 Å². The fourth-order valence-electron chi connectivity index (χ4n) is 1.17. The number of ether oxygens (including phenoxy) is 2. The lowest BCUT2D eigenvalue weighted by atomic mass is 10.4. The zero-order valence-corrected chi connectivity index (χ0v) is 10.4. The number of esters is 2. The fourth-order valence-corrected chi connectivity index (χ4v) is 1.17. The van der Waals surface area contributed by atoms with Gasteiger partial charge in [0.25, 0.3) is 0 Å². The number of rotatable bonds is 6. The monoisotopic (exact) mass is 256 g/mol. The minimum Gasteiger partial charge on any atom is -0.464 e. The van der Waals surface area contributed by atoms with Gasteiger partial charge in [0.05, 0.1) is 13.2 Å². The lowest BCUT2D eigenvalue weighted by Gasteiger charge is -2.04. The first-order chi connectivity index (χ1) is 8.60. The Morgan fingerprint density at radius 3 is 2.67 bits per heavy atom. The first kappa shape index (κ1) is 13.9. The molecule has 0 aromatic carbocycles. The van der Waals surface area contributed by atoms with E-state index in [4.69, 9.17) is 15.2 Å².